The van der Waals surface area contributed by atoms with Gasteiger partial charge in [0.25, 0.3) is 0 Å². The van der Waals surface area contributed by atoms with Gasteiger partial charge in [-0.05, 0) is 37.6 Å². The van der Waals surface area contributed by atoms with E-state index in [0.29, 0.717) is 0 Å². The number of fused-ring (bicyclic) bond motifs is 1. The second kappa shape index (κ2) is 3.78. The van der Waals surface area contributed by atoms with Crippen molar-refractivity contribution in [3.05, 3.63) is 0 Å². The molecule has 1 nitrogen and oxygen atoms in total. The Morgan fingerprint density at radius 2 is 2.17 bits per heavy atom. The third kappa shape index (κ3) is 1.66. The van der Waals surface area contributed by atoms with Crippen molar-refractivity contribution < 1.29 is 0 Å². The van der Waals surface area contributed by atoms with Crippen LogP contribution in [0.5, 0.6) is 0 Å². The minimum atomic E-state index is 0.890. The summed E-state index contributed by atoms with van der Waals surface area (Å²) in [7, 11) is 0. The van der Waals surface area contributed by atoms with Gasteiger partial charge in [-0.2, -0.15) is 0 Å². The maximum atomic E-state index is 3.64. The van der Waals surface area contributed by atoms with E-state index in [-0.39, 0.29) is 0 Å². The molecule has 2 rings (SSSR count). The smallest absolute Gasteiger partial charge is 0.00959 e. The molecule has 1 saturated carbocycles. The van der Waals surface area contributed by atoms with E-state index >= 15 is 0 Å². The van der Waals surface area contributed by atoms with Gasteiger partial charge in [0.1, 0.15) is 0 Å². The zero-order valence-corrected chi connectivity index (χ0v) is 8.18. The minimum Gasteiger partial charge on any atom is -0.314 e. The van der Waals surface area contributed by atoms with Crippen LogP contribution in [-0.2, 0) is 0 Å². The van der Waals surface area contributed by atoms with Gasteiger partial charge in [0.15, 0.2) is 0 Å². The lowest BCUT2D eigenvalue weighted by Gasteiger charge is -2.18. The van der Waals surface area contributed by atoms with E-state index in [1.54, 1.807) is 0 Å². The molecular formula is C11H21N. The first-order chi connectivity index (χ1) is 5.90. The van der Waals surface area contributed by atoms with Gasteiger partial charge >= 0.3 is 0 Å². The van der Waals surface area contributed by atoms with Crippen molar-refractivity contribution in [2.45, 2.75) is 51.5 Å². The summed E-state index contributed by atoms with van der Waals surface area (Å²) >= 11 is 0. The molecule has 3 atom stereocenters. The Labute approximate surface area is 75.9 Å². The van der Waals surface area contributed by atoms with Crippen molar-refractivity contribution in [2.75, 3.05) is 6.54 Å². The molecule has 1 aliphatic carbocycles. The van der Waals surface area contributed by atoms with Crippen LogP contribution in [0.3, 0.4) is 0 Å². The van der Waals surface area contributed by atoms with Crippen molar-refractivity contribution in [3.8, 4) is 0 Å². The molecule has 2 aliphatic rings. The largest absolute Gasteiger partial charge is 0.314 e. The molecule has 0 amide bonds. The van der Waals surface area contributed by atoms with E-state index in [9.17, 15) is 0 Å². The minimum absolute atomic E-state index is 0.890. The van der Waals surface area contributed by atoms with Crippen LogP contribution in [0.1, 0.15) is 45.4 Å². The fourth-order valence-corrected chi connectivity index (χ4v) is 2.99. The number of nitrogens with one attached hydrogen (secondary N) is 1. The highest BCUT2D eigenvalue weighted by molar-refractivity contribution is 4.87. The van der Waals surface area contributed by atoms with Crippen LogP contribution in [0.2, 0.25) is 0 Å². The Kier molecular flexibility index (Phi) is 2.69. The van der Waals surface area contributed by atoms with E-state index in [4.69, 9.17) is 0 Å². The molecule has 0 bridgehead atoms. The molecule has 70 valence electrons. The molecular weight excluding hydrogens is 146 g/mol. The molecule has 0 aromatic heterocycles. The first kappa shape index (κ1) is 8.55. The van der Waals surface area contributed by atoms with Crippen molar-refractivity contribution in [1.82, 2.24) is 5.32 Å². The SMILES string of the molecule is CCC1CCCC2NCCC2C1. The lowest BCUT2D eigenvalue weighted by Crippen LogP contribution is -2.25. The summed E-state index contributed by atoms with van der Waals surface area (Å²) < 4.78 is 0. The normalized spacial score (nSPS) is 42.2. The van der Waals surface area contributed by atoms with E-state index < -0.39 is 0 Å². The first-order valence-corrected chi connectivity index (χ1v) is 5.63. The van der Waals surface area contributed by atoms with Gasteiger partial charge in [0.05, 0.1) is 0 Å². The topological polar surface area (TPSA) is 12.0 Å². The maximum Gasteiger partial charge on any atom is 0.00959 e. The Balaban J connectivity index is 1.94. The van der Waals surface area contributed by atoms with Crippen LogP contribution in [-0.4, -0.2) is 12.6 Å². The van der Waals surface area contributed by atoms with Crippen molar-refractivity contribution in [1.29, 1.82) is 0 Å². The number of rotatable bonds is 1. The van der Waals surface area contributed by atoms with Gasteiger partial charge in [-0.25, -0.2) is 0 Å². The Bertz CT molecular complexity index is 144. The monoisotopic (exact) mass is 167 g/mol. The summed E-state index contributed by atoms with van der Waals surface area (Å²) in [5.41, 5.74) is 0. The highest BCUT2D eigenvalue weighted by atomic mass is 14.9. The summed E-state index contributed by atoms with van der Waals surface area (Å²) in [4.78, 5) is 0. The highest BCUT2D eigenvalue weighted by Gasteiger charge is 2.30. The van der Waals surface area contributed by atoms with E-state index in [1.165, 1.54) is 45.1 Å². The second-order valence-corrected chi connectivity index (χ2v) is 4.55. The fraction of sp³-hybridized carbons (Fsp3) is 1.00. The molecule has 1 N–H and O–H groups in total. The highest BCUT2D eigenvalue weighted by Crippen LogP contribution is 2.33. The lowest BCUT2D eigenvalue weighted by atomic mass is 9.89. The Hall–Kier alpha value is -0.0400. The molecule has 1 heteroatoms. The van der Waals surface area contributed by atoms with Crippen LogP contribution in [0.4, 0.5) is 0 Å². The standard InChI is InChI=1S/C11H21N/c1-2-9-4-3-5-11-10(8-9)6-7-12-11/h9-12H,2-8H2,1H3. The van der Waals surface area contributed by atoms with Gasteiger partial charge in [-0.15, -0.1) is 0 Å². The summed E-state index contributed by atoms with van der Waals surface area (Å²) in [5.74, 6) is 2.07. The molecule has 1 aliphatic heterocycles. The van der Waals surface area contributed by atoms with E-state index in [1.807, 2.05) is 0 Å². The Morgan fingerprint density at radius 1 is 1.25 bits per heavy atom. The average Bonchev–Trinajstić information content (AvgIpc) is 2.43. The maximum absolute atomic E-state index is 3.64. The van der Waals surface area contributed by atoms with Gasteiger partial charge in [0.2, 0.25) is 0 Å². The molecule has 1 heterocycles. The predicted octanol–water partition coefficient (Wildman–Crippen LogP) is 2.56. The quantitative estimate of drug-likeness (QED) is 0.633. The zero-order chi connectivity index (χ0) is 8.39. The molecule has 0 spiro atoms. The third-order valence-electron chi connectivity index (χ3n) is 3.83. The van der Waals surface area contributed by atoms with Gasteiger partial charge in [-0.1, -0.05) is 26.2 Å². The van der Waals surface area contributed by atoms with Crippen LogP contribution in [0, 0.1) is 11.8 Å². The molecule has 0 aromatic carbocycles. The van der Waals surface area contributed by atoms with Gasteiger partial charge in [0, 0.05) is 6.04 Å². The predicted molar refractivity (Wildman–Crippen MR) is 52.1 cm³/mol. The van der Waals surface area contributed by atoms with Crippen LogP contribution in [0.15, 0.2) is 0 Å². The summed E-state index contributed by atoms with van der Waals surface area (Å²) in [6.45, 7) is 3.64. The Morgan fingerprint density at radius 3 is 3.00 bits per heavy atom. The van der Waals surface area contributed by atoms with E-state index in [0.717, 1.165) is 17.9 Å². The molecule has 12 heavy (non-hydrogen) atoms. The molecule has 2 fully saturated rings. The third-order valence-corrected chi connectivity index (χ3v) is 3.83. The zero-order valence-electron chi connectivity index (χ0n) is 8.18. The summed E-state index contributed by atoms with van der Waals surface area (Å²) in [6, 6.07) is 0.890. The lowest BCUT2D eigenvalue weighted by molar-refractivity contribution is 0.359. The van der Waals surface area contributed by atoms with Crippen molar-refractivity contribution in [2.24, 2.45) is 11.8 Å². The molecule has 3 unspecified atom stereocenters. The van der Waals surface area contributed by atoms with Crippen LogP contribution >= 0.6 is 0 Å². The van der Waals surface area contributed by atoms with Crippen LogP contribution < -0.4 is 5.32 Å². The van der Waals surface area contributed by atoms with Gasteiger partial charge < -0.3 is 5.32 Å². The van der Waals surface area contributed by atoms with Crippen molar-refractivity contribution >= 4 is 0 Å². The van der Waals surface area contributed by atoms with E-state index in [2.05, 4.69) is 12.2 Å². The van der Waals surface area contributed by atoms with Crippen molar-refractivity contribution in [3.63, 3.8) is 0 Å². The first-order valence-electron chi connectivity index (χ1n) is 5.63. The fourth-order valence-electron chi connectivity index (χ4n) is 2.99. The van der Waals surface area contributed by atoms with Gasteiger partial charge in [-0.3, -0.25) is 0 Å². The molecule has 0 radical (unpaired) electrons. The summed E-state index contributed by atoms with van der Waals surface area (Å²) in [5, 5.41) is 3.64. The molecule has 1 saturated heterocycles. The average molecular weight is 167 g/mol. The number of hydrogen-bond donors (Lipinski definition) is 1. The summed E-state index contributed by atoms with van der Waals surface area (Å²) in [6.07, 6.45) is 8.76. The van der Waals surface area contributed by atoms with Crippen LogP contribution in [0.25, 0.3) is 0 Å². The second-order valence-electron chi connectivity index (χ2n) is 4.55. The molecule has 0 aromatic rings. The number of hydrogen-bond acceptors (Lipinski definition) is 1.